The van der Waals surface area contributed by atoms with E-state index >= 15 is 0 Å². The van der Waals surface area contributed by atoms with Crippen LogP contribution in [-0.2, 0) is 0 Å². The lowest BCUT2D eigenvalue weighted by Gasteiger charge is -2.33. The molecule has 1 saturated heterocycles. The van der Waals surface area contributed by atoms with Crippen LogP contribution in [0.25, 0.3) is 0 Å². The molecule has 2 rings (SSSR count). The summed E-state index contributed by atoms with van der Waals surface area (Å²) in [7, 11) is 0. The van der Waals surface area contributed by atoms with Gasteiger partial charge in [0, 0.05) is 45.1 Å². The van der Waals surface area contributed by atoms with E-state index in [1.807, 2.05) is 0 Å². The fourth-order valence-electron chi connectivity index (χ4n) is 2.31. The van der Waals surface area contributed by atoms with Gasteiger partial charge in [-0.05, 0) is 19.5 Å². The van der Waals surface area contributed by atoms with Crippen molar-refractivity contribution in [3.8, 4) is 0 Å². The number of rotatable bonds is 6. The summed E-state index contributed by atoms with van der Waals surface area (Å²) in [5, 5.41) is 2.87. The average Bonchev–Trinajstić information content (AvgIpc) is 2.98. The van der Waals surface area contributed by atoms with E-state index in [4.69, 9.17) is 0 Å². The van der Waals surface area contributed by atoms with Crippen LogP contribution < -0.4 is 5.32 Å². The third-order valence-electron chi connectivity index (χ3n) is 3.56. The summed E-state index contributed by atoms with van der Waals surface area (Å²) >= 11 is 0. The molecule has 0 saturated carbocycles. The molecule has 6 heteroatoms. The van der Waals surface area contributed by atoms with Gasteiger partial charge in [0.25, 0.3) is 5.91 Å². The summed E-state index contributed by atoms with van der Waals surface area (Å²) < 4.78 is 0. The second-order valence-corrected chi connectivity index (χ2v) is 4.82. The zero-order valence-electron chi connectivity index (χ0n) is 11.6. The zero-order chi connectivity index (χ0) is 13.5. The Morgan fingerprint density at radius 1 is 1.37 bits per heavy atom. The van der Waals surface area contributed by atoms with Crippen LogP contribution >= 0.6 is 0 Å². The summed E-state index contributed by atoms with van der Waals surface area (Å²) in [6.07, 6.45) is 4.23. The summed E-state index contributed by atoms with van der Waals surface area (Å²) in [5.74, 6) is 0.261. The second-order valence-electron chi connectivity index (χ2n) is 4.82. The van der Waals surface area contributed by atoms with Crippen LogP contribution in [0, 0.1) is 0 Å². The van der Waals surface area contributed by atoms with Gasteiger partial charge in [0.2, 0.25) is 0 Å². The number of imidazole rings is 1. The third kappa shape index (κ3) is 4.33. The Bertz CT molecular complexity index is 370. The monoisotopic (exact) mass is 265 g/mol. The lowest BCUT2D eigenvalue weighted by molar-refractivity contribution is 0.0939. The van der Waals surface area contributed by atoms with Crippen LogP contribution in [0.1, 0.15) is 24.0 Å². The molecule has 6 nitrogen and oxygen atoms in total. The molecule has 0 spiro atoms. The van der Waals surface area contributed by atoms with Crippen molar-refractivity contribution in [1.29, 1.82) is 0 Å². The Hall–Kier alpha value is -1.40. The van der Waals surface area contributed by atoms with Gasteiger partial charge in [-0.25, -0.2) is 4.98 Å². The van der Waals surface area contributed by atoms with E-state index in [-0.39, 0.29) is 5.91 Å². The number of H-pyrrole nitrogens is 1. The molecule has 106 valence electrons. The standard InChI is InChI=1S/C13H23N5O/c1-2-17-8-10-18(11-9-17)7-3-4-16-13(19)12-14-5-6-15-12/h5-6H,2-4,7-11H2,1H3,(H,14,15)(H,16,19). The number of carbonyl (C=O) groups excluding carboxylic acids is 1. The van der Waals surface area contributed by atoms with Crippen molar-refractivity contribution in [1.82, 2.24) is 25.1 Å². The van der Waals surface area contributed by atoms with Crippen molar-refractivity contribution in [2.75, 3.05) is 45.8 Å². The van der Waals surface area contributed by atoms with Gasteiger partial charge >= 0.3 is 0 Å². The Morgan fingerprint density at radius 3 is 2.74 bits per heavy atom. The van der Waals surface area contributed by atoms with Crippen LogP contribution in [0.2, 0.25) is 0 Å². The molecule has 0 aromatic carbocycles. The maximum atomic E-state index is 11.6. The SMILES string of the molecule is CCN1CCN(CCCNC(=O)c2ncc[nH]2)CC1. The molecule has 0 unspecified atom stereocenters. The van der Waals surface area contributed by atoms with Gasteiger partial charge in [0.15, 0.2) is 5.82 Å². The van der Waals surface area contributed by atoms with Gasteiger partial charge in [-0.1, -0.05) is 6.92 Å². The number of likely N-dealkylation sites (N-methyl/N-ethyl adjacent to an activating group) is 1. The summed E-state index contributed by atoms with van der Waals surface area (Å²) in [5.41, 5.74) is 0. The molecular weight excluding hydrogens is 242 g/mol. The van der Waals surface area contributed by atoms with Crippen molar-refractivity contribution in [3.05, 3.63) is 18.2 Å². The van der Waals surface area contributed by atoms with Gasteiger partial charge in [0.1, 0.15) is 0 Å². The number of aromatic nitrogens is 2. The summed E-state index contributed by atoms with van der Waals surface area (Å²) in [6, 6.07) is 0. The first kappa shape index (κ1) is 14.0. The molecule has 19 heavy (non-hydrogen) atoms. The number of nitrogens with zero attached hydrogens (tertiary/aromatic N) is 3. The lowest BCUT2D eigenvalue weighted by atomic mass is 10.3. The number of nitrogens with one attached hydrogen (secondary N) is 2. The maximum absolute atomic E-state index is 11.6. The Balaban J connectivity index is 1.56. The van der Waals surface area contributed by atoms with E-state index in [2.05, 4.69) is 32.0 Å². The van der Waals surface area contributed by atoms with Gasteiger partial charge in [-0.2, -0.15) is 0 Å². The highest BCUT2D eigenvalue weighted by atomic mass is 16.2. The van der Waals surface area contributed by atoms with E-state index < -0.39 is 0 Å². The first-order valence-corrected chi connectivity index (χ1v) is 7.02. The fraction of sp³-hybridized carbons (Fsp3) is 0.692. The van der Waals surface area contributed by atoms with E-state index in [1.165, 1.54) is 0 Å². The average molecular weight is 265 g/mol. The Kier molecular flexibility index (Phi) is 5.35. The molecule has 2 N–H and O–H groups in total. The molecule has 1 aromatic heterocycles. The van der Waals surface area contributed by atoms with Crippen molar-refractivity contribution < 1.29 is 4.79 Å². The van der Waals surface area contributed by atoms with Crippen LogP contribution in [0.5, 0.6) is 0 Å². The van der Waals surface area contributed by atoms with E-state index in [0.717, 1.165) is 45.7 Å². The summed E-state index contributed by atoms with van der Waals surface area (Å²) in [4.78, 5) is 23.3. The molecular formula is C13H23N5O. The molecule has 0 atom stereocenters. The molecule has 1 amide bonds. The van der Waals surface area contributed by atoms with E-state index in [9.17, 15) is 4.79 Å². The number of piperazine rings is 1. The highest BCUT2D eigenvalue weighted by Crippen LogP contribution is 2.01. The number of hydrogen-bond donors (Lipinski definition) is 2. The molecule has 0 bridgehead atoms. The van der Waals surface area contributed by atoms with Gasteiger partial charge in [-0.3, -0.25) is 4.79 Å². The number of aromatic amines is 1. The number of carbonyl (C=O) groups is 1. The van der Waals surface area contributed by atoms with Crippen molar-refractivity contribution in [2.45, 2.75) is 13.3 Å². The Morgan fingerprint density at radius 2 is 2.11 bits per heavy atom. The summed E-state index contributed by atoms with van der Waals surface area (Å²) in [6.45, 7) is 9.71. The molecule has 0 aliphatic carbocycles. The molecule has 1 fully saturated rings. The van der Waals surface area contributed by atoms with Crippen LogP contribution in [-0.4, -0.2) is 71.5 Å². The number of hydrogen-bond acceptors (Lipinski definition) is 4. The smallest absolute Gasteiger partial charge is 0.287 e. The van der Waals surface area contributed by atoms with Crippen molar-refractivity contribution >= 4 is 5.91 Å². The van der Waals surface area contributed by atoms with Gasteiger partial charge in [0.05, 0.1) is 0 Å². The highest BCUT2D eigenvalue weighted by molar-refractivity contribution is 5.90. The van der Waals surface area contributed by atoms with Gasteiger partial charge < -0.3 is 20.1 Å². The Labute approximate surface area is 114 Å². The van der Waals surface area contributed by atoms with E-state index in [0.29, 0.717) is 12.4 Å². The first-order valence-electron chi connectivity index (χ1n) is 7.02. The second kappa shape index (κ2) is 7.25. The van der Waals surface area contributed by atoms with E-state index in [1.54, 1.807) is 12.4 Å². The largest absolute Gasteiger partial charge is 0.349 e. The van der Waals surface area contributed by atoms with Crippen LogP contribution in [0.4, 0.5) is 0 Å². The lowest BCUT2D eigenvalue weighted by Crippen LogP contribution is -2.46. The minimum Gasteiger partial charge on any atom is -0.349 e. The normalized spacial score (nSPS) is 17.5. The topological polar surface area (TPSA) is 64.3 Å². The number of amides is 1. The quantitative estimate of drug-likeness (QED) is 0.720. The first-order chi connectivity index (χ1) is 9.29. The van der Waals surface area contributed by atoms with Crippen molar-refractivity contribution in [2.24, 2.45) is 0 Å². The molecule has 1 aliphatic rings. The van der Waals surface area contributed by atoms with Crippen LogP contribution in [0.15, 0.2) is 12.4 Å². The fourth-order valence-corrected chi connectivity index (χ4v) is 2.31. The molecule has 2 heterocycles. The van der Waals surface area contributed by atoms with Crippen LogP contribution in [0.3, 0.4) is 0 Å². The predicted molar refractivity (Wildman–Crippen MR) is 74.1 cm³/mol. The predicted octanol–water partition coefficient (Wildman–Crippen LogP) is 0.167. The third-order valence-corrected chi connectivity index (χ3v) is 3.56. The zero-order valence-corrected chi connectivity index (χ0v) is 11.6. The van der Waals surface area contributed by atoms with Crippen molar-refractivity contribution in [3.63, 3.8) is 0 Å². The molecule has 0 radical (unpaired) electrons. The van der Waals surface area contributed by atoms with Gasteiger partial charge in [-0.15, -0.1) is 0 Å². The molecule has 1 aromatic rings. The maximum Gasteiger partial charge on any atom is 0.287 e. The highest BCUT2D eigenvalue weighted by Gasteiger charge is 2.14. The minimum absolute atomic E-state index is 0.124. The minimum atomic E-state index is -0.124. The molecule has 1 aliphatic heterocycles.